The van der Waals surface area contributed by atoms with Crippen LogP contribution in [0.15, 0.2) is 121 Å². The van der Waals surface area contributed by atoms with Gasteiger partial charge in [0.15, 0.2) is 5.54 Å². The Morgan fingerprint density at radius 3 is 1.40 bits per heavy atom. The van der Waals surface area contributed by atoms with E-state index in [-0.39, 0.29) is 34.4 Å². The van der Waals surface area contributed by atoms with Crippen molar-refractivity contribution in [2.24, 2.45) is 0 Å². The Morgan fingerprint density at radius 1 is 0.603 bits per heavy atom. The number of carbonyl (C=O) groups excluding carboxylic acids is 1. The number of carbonyl (C=O) groups is 1. The number of benzene rings is 4. The van der Waals surface area contributed by atoms with Crippen LogP contribution >= 0.6 is 0 Å². The zero-order valence-corrected chi connectivity index (χ0v) is 44.4. The molecule has 0 bridgehead atoms. The average molecular weight is 960 g/mol. The number of hydrogen-bond donors (Lipinski definition) is 1. The molecule has 4 atom stereocenters. The van der Waals surface area contributed by atoms with Gasteiger partial charge in [0, 0.05) is 52.4 Å². The highest BCUT2D eigenvalue weighted by Gasteiger charge is 2.59. The van der Waals surface area contributed by atoms with Gasteiger partial charge in [0.05, 0.1) is 44.1 Å². The molecule has 0 aliphatic carbocycles. The minimum absolute atomic E-state index is 0.0251. The molecule has 4 aromatic carbocycles. The maximum absolute atomic E-state index is 12.6. The molecule has 0 aromatic heterocycles. The van der Waals surface area contributed by atoms with Crippen molar-refractivity contribution in [2.45, 2.75) is 108 Å². The normalized spacial score (nSPS) is 24.5. The molecule has 4 fully saturated rings. The molecule has 1 amide bonds. The van der Waals surface area contributed by atoms with Gasteiger partial charge in [0.2, 0.25) is 0 Å². The number of piperazine rings is 2. The Bertz CT molecular complexity index is 2190. The van der Waals surface area contributed by atoms with Crippen molar-refractivity contribution in [2.75, 3.05) is 78.8 Å². The third-order valence-electron chi connectivity index (χ3n) is 14.5. The van der Waals surface area contributed by atoms with Gasteiger partial charge in [-0.3, -0.25) is 9.80 Å². The number of hydrogen-bond acceptors (Lipinski definition) is 10. The minimum Gasteiger partial charge on any atom is -0.444 e. The largest absolute Gasteiger partial charge is 0.444 e. The number of nitrogens with zero attached hydrogens (tertiary/aromatic N) is 4. The zero-order chi connectivity index (χ0) is 48.9. The second-order valence-corrected chi connectivity index (χ2v) is 30.7. The lowest BCUT2D eigenvalue weighted by Crippen LogP contribution is -2.71. The molecule has 4 aromatic rings. The Balaban J connectivity index is 0.000000207. The van der Waals surface area contributed by atoms with E-state index in [1.165, 1.54) is 20.7 Å². The monoisotopic (exact) mass is 960 g/mol. The van der Waals surface area contributed by atoms with Crippen LogP contribution in [-0.4, -0.2) is 145 Å². The molecule has 0 spiro atoms. The van der Waals surface area contributed by atoms with E-state index in [0.29, 0.717) is 39.4 Å². The summed E-state index contributed by atoms with van der Waals surface area (Å²) in [5.74, 6) is 0. The van der Waals surface area contributed by atoms with Crippen molar-refractivity contribution in [3.63, 3.8) is 0 Å². The highest BCUT2D eigenvalue weighted by Crippen LogP contribution is 2.43. The zero-order valence-electron chi connectivity index (χ0n) is 42.4. The first kappa shape index (κ1) is 51.6. The molecule has 8 rings (SSSR count). The van der Waals surface area contributed by atoms with E-state index in [1.807, 2.05) is 32.9 Å². The fraction of sp³-hybridized carbons (Fsp3) is 0.527. The van der Waals surface area contributed by atoms with Gasteiger partial charge in [-0.05, 0) is 58.5 Å². The Morgan fingerprint density at radius 2 is 1.00 bits per heavy atom. The van der Waals surface area contributed by atoms with Crippen LogP contribution in [-0.2, 0) is 23.1 Å². The molecule has 11 nitrogen and oxygen atoms in total. The maximum Gasteiger partial charge on any atom is 0.410 e. The van der Waals surface area contributed by atoms with Gasteiger partial charge in [-0.2, -0.15) is 5.26 Å². The van der Waals surface area contributed by atoms with Crippen LogP contribution in [0.5, 0.6) is 0 Å². The van der Waals surface area contributed by atoms with E-state index >= 15 is 0 Å². The topological polar surface area (TPSA) is 109 Å². The minimum atomic E-state index is -2.88. The van der Waals surface area contributed by atoms with Crippen LogP contribution in [0.4, 0.5) is 4.79 Å². The van der Waals surface area contributed by atoms with Crippen LogP contribution in [0.1, 0.15) is 69.2 Å². The number of nitriles is 1. The molecule has 4 heterocycles. The van der Waals surface area contributed by atoms with Crippen molar-refractivity contribution in [3.8, 4) is 6.07 Å². The molecule has 1 N–H and O–H groups in total. The summed E-state index contributed by atoms with van der Waals surface area (Å²) in [5.41, 5.74) is -1.58. The first-order valence-electron chi connectivity index (χ1n) is 24.6. The number of ether oxygens (including phenoxy) is 3. The molecule has 0 radical (unpaired) electrons. The van der Waals surface area contributed by atoms with Crippen molar-refractivity contribution < 1.29 is 27.9 Å². The van der Waals surface area contributed by atoms with Gasteiger partial charge >= 0.3 is 6.09 Å². The summed E-state index contributed by atoms with van der Waals surface area (Å²) in [6, 6.07) is 45.4. The molecule has 4 unspecified atom stereocenters. The van der Waals surface area contributed by atoms with E-state index < -0.39 is 33.9 Å². The standard InChI is InChI=1S/C30H41N3O4Si.C25H36N2O2Si/c1-28(2,3)36-27(34)32-17-19-33(20-18-32)30(22-31)23-35-21-26(30)37-38(29(4,5)6,24-13-9-7-10-14-24)25-15-11-8-12-16-25;1-24(2,3)30(21-11-7-5-8-12-21,22-13-9-6-10-14-22)29-23-19-28-20-25(23,4)27-17-15-26-16-18-27/h7-16,26H,17-21,23H2,1-6H3;5-14,23,26H,15-20H2,1-4H3. The fourth-order valence-electron chi connectivity index (χ4n) is 10.9. The van der Waals surface area contributed by atoms with Gasteiger partial charge in [0.25, 0.3) is 16.6 Å². The van der Waals surface area contributed by atoms with Gasteiger partial charge < -0.3 is 33.3 Å². The third kappa shape index (κ3) is 10.5. The quantitative estimate of drug-likeness (QED) is 0.180. The van der Waals surface area contributed by atoms with Gasteiger partial charge in [0.1, 0.15) is 11.7 Å². The van der Waals surface area contributed by atoms with Crippen LogP contribution in [0.2, 0.25) is 10.1 Å². The molecular weight excluding hydrogens is 883 g/mol. The SMILES string of the molecule is CC(C)(C)OC(=O)N1CCN(C2(C#N)COCC2O[Si](c2ccccc2)(c2ccccc2)C(C)(C)C)CC1.CC1(N2CCNCC2)COCC1O[Si](c1ccccc1)(c1ccccc1)C(C)(C)C. The van der Waals surface area contributed by atoms with Crippen molar-refractivity contribution in [1.29, 1.82) is 5.26 Å². The Kier molecular flexibility index (Phi) is 16.0. The first-order valence-corrected chi connectivity index (χ1v) is 28.5. The number of amides is 1. The van der Waals surface area contributed by atoms with E-state index in [1.54, 1.807) is 4.90 Å². The van der Waals surface area contributed by atoms with Crippen LogP contribution in [0, 0.1) is 11.3 Å². The molecule has 366 valence electrons. The van der Waals surface area contributed by atoms with Crippen LogP contribution < -0.4 is 26.1 Å². The maximum atomic E-state index is 12.6. The summed E-state index contributed by atoms with van der Waals surface area (Å²) in [6.07, 6.45) is -0.709. The van der Waals surface area contributed by atoms with Crippen LogP contribution in [0.25, 0.3) is 0 Å². The summed E-state index contributed by atoms with van der Waals surface area (Å²) in [4.78, 5) is 19.1. The van der Waals surface area contributed by atoms with E-state index in [4.69, 9.17) is 23.1 Å². The predicted octanol–water partition coefficient (Wildman–Crippen LogP) is 6.40. The summed E-state index contributed by atoms with van der Waals surface area (Å²) < 4.78 is 32.5. The predicted molar refractivity (Wildman–Crippen MR) is 277 cm³/mol. The molecule has 68 heavy (non-hydrogen) atoms. The van der Waals surface area contributed by atoms with E-state index in [2.05, 4.69) is 179 Å². The molecule has 0 saturated carbocycles. The van der Waals surface area contributed by atoms with E-state index in [0.717, 1.165) is 32.8 Å². The summed E-state index contributed by atoms with van der Waals surface area (Å²) in [7, 11) is -5.47. The highest BCUT2D eigenvalue weighted by atomic mass is 28.4. The molecular formula is C55H77N5O6Si2. The summed E-state index contributed by atoms with van der Waals surface area (Å²) in [6.45, 7) is 29.9. The first-order chi connectivity index (χ1) is 32.3. The molecule has 4 aliphatic rings. The molecule has 4 saturated heterocycles. The lowest BCUT2D eigenvalue weighted by molar-refractivity contribution is -0.0100. The molecule has 13 heteroatoms. The van der Waals surface area contributed by atoms with E-state index in [9.17, 15) is 10.1 Å². The molecule has 4 aliphatic heterocycles. The Hall–Kier alpha value is -4.21. The van der Waals surface area contributed by atoms with Crippen molar-refractivity contribution >= 4 is 43.5 Å². The Labute approximate surface area is 409 Å². The summed E-state index contributed by atoms with van der Waals surface area (Å²) >= 11 is 0. The third-order valence-corrected chi connectivity index (χ3v) is 24.6. The second-order valence-electron chi connectivity index (χ2n) is 22.2. The lowest BCUT2D eigenvalue weighted by Gasteiger charge is -2.49. The lowest BCUT2D eigenvalue weighted by atomic mass is 9.94. The van der Waals surface area contributed by atoms with Crippen molar-refractivity contribution in [1.82, 2.24) is 20.0 Å². The average Bonchev–Trinajstić information content (AvgIpc) is 3.93. The fourth-order valence-corrected chi connectivity index (χ4v) is 20.3. The van der Waals surface area contributed by atoms with Gasteiger partial charge in [-0.15, -0.1) is 0 Å². The smallest absolute Gasteiger partial charge is 0.410 e. The number of nitrogens with one attached hydrogen (secondary N) is 1. The van der Waals surface area contributed by atoms with Crippen LogP contribution in [0.3, 0.4) is 0 Å². The number of rotatable bonds is 10. The highest BCUT2D eigenvalue weighted by molar-refractivity contribution is 7.00. The van der Waals surface area contributed by atoms with Gasteiger partial charge in [-0.25, -0.2) is 4.79 Å². The second kappa shape index (κ2) is 21.0. The van der Waals surface area contributed by atoms with Crippen molar-refractivity contribution in [3.05, 3.63) is 121 Å². The van der Waals surface area contributed by atoms with Gasteiger partial charge in [-0.1, -0.05) is 163 Å². The summed E-state index contributed by atoms with van der Waals surface area (Å²) in [5, 5.41) is 18.9.